The smallest absolute Gasteiger partial charge is 0.340 e. The van der Waals surface area contributed by atoms with E-state index in [1.807, 2.05) is 19.1 Å². The molecule has 0 radical (unpaired) electrons. The van der Waals surface area contributed by atoms with Crippen molar-refractivity contribution in [1.82, 2.24) is 0 Å². The quantitative estimate of drug-likeness (QED) is 0.500. The Balaban J connectivity index is 1.66. The van der Waals surface area contributed by atoms with Crippen LogP contribution in [0.5, 0.6) is 11.5 Å². The lowest BCUT2D eigenvalue weighted by molar-refractivity contribution is -0.119. The van der Waals surface area contributed by atoms with Crippen molar-refractivity contribution in [3.05, 3.63) is 82.9 Å². The number of ether oxygens (including phenoxy) is 2. The Hall–Kier alpha value is -3.40. The molecule has 0 fully saturated rings. The fourth-order valence-corrected chi connectivity index (χ4v) is 3.36. The van der Waals surface area contributed by atoms with E-state index in [0.29, 0.717) is 17.2 Å². The molecule has 10 heteroatoms. The molecular formula is C22H19ClN2O6S. The van der Waals surface area contributed by atoms with E-state index in [1.54, 1.807) is 36.4 Å². The zero-order valence-corrected chi connectivity index (χ0v) is 18.4. The van der Waals surface area contributed by atoms with Gasteiger partial charge in [0, 0.05) is 0 Å². The van der Waals surface area contributed by atoms with Gasteiger partial charge in [-0.2, -0.15) is 0 Å². The number of hydrogen-bond acceptors (Lipinski definition) is 6. The average Bonchev–Trinajstić information content (AvgIpc) is 2.74. The second kappa shape index (κ2) is 9.82. The third-order valence-corrected chi connectivity index (χ3v) is 5.47. The Morgan fingerprint density at radius 1 is 1.03 bits per heavy atom. The molecule has 0 saturated heterocycles. The molecule has 0 unspecified atom stereocenters. The second-order valence-corrected chi connectivity index (χ2v) is 8.69. The molecule has 1 amide bonds. The lowest BCUT2D eigenvalue weighted by Crippen LogP contribution is -2.21. The molecule has 3 N–H and O–H groups in total. The summed E-state index contributed by atoms with van der Waals surface area (Å²) in [5.41, 5.74) is 1.23. The minimum atomic E-state index is -4.04. The first-order valence-electron chi connectivity index (χ1n) is 9.26. The molecule has 3 rings (SSSR count). The van der Waals surface area contributed by atoms with E-state index in [-0.39, 0.29) is 15.5 Å². The topological polar surface area (TPSA) is 125 Å². The van der Waals surface area contributed by atoms with Gasteiger partial charge in [-0.1, -0.05) is 41.4 Å². The Labute approximate surface area is 190 Å². The van der Waals surface area contributed by atoms with Crippen molar-refractivity contribution in [2.75, 3.05) is 11.9 Å². The zero-order valence-electron chi connectivity index (χ0n) is 16.9. The number of aryl methyl sites for hydroxylation is 1. The van der Waals surface area contributed by atoms with Crippen molar-refractivity contribution in [3.8, 4) is 11.5 Å². The predicted molar refractivity (Wildman–Crippen MR) is 119 cm³/mol. The van der Waals surface area contributed by atoms with Gasteiger partial charge in [-0.25, -0.2) is 18.4 Å². The molecule has 8 nitrogen and oxygen atoms in total. The maximum atomic E-state index is 12.3. The number of nitrogens with one attached hydrogen (secondary N) is 1. The number of carbonyl (C=O) groups is 2. The summed E-state index contributed by atoms with van der Waals surface area (Å²) < 4.78 is 33.7. The van der Waals surface area contributed by atoms with Gasteiger partial charge in [0.2, 0.25) is 10.0 Å². The molecule has 0 aliphatic carbocycles. The van der Waals surface area contributed by atoms with Crippen LogP contribution in [0.2, 0.25) is 5.02 Å². The number of halogens is 1. The minimum Gasteiger partial charge on any atom is -0.455 e. The summed E-state index contributed by atoms with van der Waals surface area (Å²) in [5, 5.41) is 7.63. The van der Waals surface area contributed by atoms with E-state index in [1.165, 1.54) is 6.07 Å². The Bertz CT molecular complexity index is 1260. The molecule has 0 heterocycles. The molecule has 0 aliphatic heterocycles. The van der Waals surface area contributed by atoms with Gasteiger partial charge in [0.1, 0.15) is 5.75 Å². The highest BCUT2D eigenvalue weighted by Gasteiger charge is 2.18. The lowest BCUT2D eigenvalue weighted by atomic mass is 10.2. The molecular weight excluding hydrogens is 456 g/mol. The number of carbonyl (C=O) groups excluding carboxylic acids is 2. The van der Waals surface area contributed by atoms with Crippen molar-refractivity contribution in [2.45, 2.75) is 11.8 Å². The van der Waals surface area contributed by atoms with Gasteiger partial charge in [-0.15, -0.1) is 0 Å². The molecule has 0 atom stereocenters. The summed E-state index contributed by atoms with van der Waals surface area (Å²) in [5.74, 6) is -0.607. The molecule has 0 saturated carbocycles. The number of rotatable bonds is 7. The van der Waals surface area contributed by atoms with Crippen LogP contribution in [0.3, 0.4) is 0 Å². The van der Waals surface area contributed by atoms with Crippen LogP contribution in [0, 0.1) is 6.92 Å². The van der Waals surface area contributed by atoms with Crippen LogP contribution in [0.15, 0.2) is 71.6 Å². The molecule has 0 spiro atoms. The second-order valence-electron chi connectivity index (χ2n) is 6.72. The number of amides is 1. The van der Waals surface area contributed by atoms with Crippen molar-refractivity contribution in [2.24, 2.45) is 5.14 Å². The van der Waals surface area contributed by atoms with Gasteiger partial charge < -0.3 is 14.8 Å². The van der Waals surface area contributed by atoms with Crippen LogP contribution in [-0.4, -0.2) is 26.9 Å². The van der Waals surface area contributed by atoms with Crippen LogP contribution in [0.25, 0.3) is 0 Å². The highest BCUT2D eigenvalue weighted by molar-refractivity contribution is 7.89. The first-order valence-corrected chi connectivity index (χ1v) is 11.2. The van der Waals surface area contributed by atoms with Crippen LogP contribution in [0.1, 0.15) is 15.9 Å². The highest BCUT2D eigenvalue weighted by Crippen LogP contribution is 2.29. The van der Waals surface area contributed by atoms with E-state index in [2.05, 4.69) is 5.32 Å². The van der Waals surface area contributed by atoms with E-state index >= 15 is 0 Å². The number of anilines is 1. The number of benzene rings is 3. The number of para-hydroxylation sites is 2. The Morgan fingerprint density at radius 2 is 1.72 bits per heavy atom. The van der Waals surface area contributed by atoms with Gasteiger partial charge in [-0.05, 0) is 49.4 Å². The van der Waals surface area contributed by atoms with E-state index < -0.39 is 28.5 Å². The molecule has 0 bridgehead atoms. The lowest BCUT2D eigenvalue weighted by Gasteiger charge is -2.13. The molecule has 0 aliphatic rings. The predicted octanol–water partition coefficient (Wildman–Crippen LogP) is 3.88. The Kier molecular flexibility index (Phi) is 7.14. The fraction of sp³-hybridized carbons (Fsp3) is 0.0909. The number of hydrogen-bond donors (Lipinski definition) is 2. The van der Waals surface area contributed by atoms with E-state index in [9.17, 15) is 18.0 Å². The number of primary sulfonamides is 1. The van der Waals surface area contributed by atoms with Crippen LogP contribution in [0.4, 0.5) is 5.69 Å². The first-order chi connectivity index (χ1) is 15.1. The van der Waals surface area contributed by atoms with Crippen molar-refractivity contribution in [1.29, 1.82) is 0 Å². The third-order valence-electron chi connectivity index (χ3n) is 4.23. The van der Waals surface area contributed by atoms with Crippen LogP contribution in [-0.2, 0) is 19.6 Å². The van der Waals surface area contributed by atoms with Gasteiger partial charge in [0.15, 0.2) is 12.4 Å². The average molecular weight is 475 g/mol. The van der Waals surface area contributed by atoms with Gasteiger partial charge in [0.05, 0.1) is 21.2 Å². The van der Waals surface area contributed by atoms with Gasteiger partial charge in [-0.3, -0.25) is 4.79 Å². The zero-order chi connectivity index (χ0) is 23.3. The monoisotopic (exact) mass is 474 g/mol. The summed E-state index contributed by atoms with van der Waals surface area (Å²) in [4.78, 5) is 24.3. The minimum absolute atomic E-state index is 0.0420. The van der Waals surface area contributed by atoms with Gasteiger partial charge >= 0.3 is 5.97 Å². The first kappa shape index (κ1) is 23.3. The normalized spacial score (nSPS) is 11.0. The van der Waals surface area contributed by atoms with Crippen molar-refractivity contribution < 1.29 is 27.5 Å². The molecule has 32 heavy (non-hydrogen) atoms. The number of esters is 1. The standard InChI is InChI=1S/C22H19ClN2O6S/c1-14-6-8-15(9-7-14)31-20-5-3-2-4-19(20)25-21(26)13-30-22(27)17-12-16(32(24,28)29)10-11-18(17)23/h2-12H,13H2,1H3,(H,25,26)(H2,24,28,29). The van der Waals surface area contributed by atoms with E-state index in [0.717, 1.165) is 17.7 Å². The van der Waals surface area contributed by atoms with Gasteiger partial charge in [0.25, 0.3) is 5.91 Å². The van der Waals surface area contributed by atoms with E-state index in [4.69, 9.17) is 26.2 Å². The molecule has 166 valence electrons. The van der Waals surface area contributed by atoms with Crippen molar-refractivity contribution >= 4 is 39.2 Å². The fourth-order valence-electron chi connectivity index (χ4n) is 2.63. The summed E-state index contributed by atoms with van der Waals surface area (Å²) in [6.45, 7) is 1.32. The summed E-state index contributed by atoms with van der Waals surface area (Å²) >= 11 is 5.94. The molecule has 3 aromatic carbocycles. The summed E-state index contributed by atoms with van der Waals surface area (Å²) in [6, 6.07) is 17.5. The largest absolute Gasteiger partial charge is 0.455 e. The van der Waals surface area contributed by atoms with Crippen LogP contribution < -0.4 is 15.2 Å². The number of sulfonamides is 1. The SMILES string of the molecule is Cc1ccc(Oc2ccccc2NC(=O)COC(=O)c2cc(S(N)(=O)=O)ccc2Cl)cc1. The maximum Gasteiger partial charge on any atom is 0.340 e. The molecule has 0 aromatic heterocycles. The molecule has 3 aromatic rings. The third kappa shape index (κ3) is 6.07. The summed E-state index contributed by atoms with van der Waals surface area (Å²) in [6.07, 6.45) is 0. The number of nitrogens with two attached hydrogens (primary N) is 1. The van der Waals surface area contributed by atoms with Crippen LogP contribution >= 0.6 is 11.6 Å². The maximum absolute atomic E-state index is 12.3. The highest BCUT2D eigenvalue weighted by atomic mass is 35.5. The van der Waals surface area contributed by atoms with Crippen molar-refractivity contribution in [3.63, 3.8) is 0 Å². The Morgan fingerprint density at radius 3 is 2.41 bits per heavy atom. The summed E-state index contributed by atoms with van der Waals surface area (Å²) in [7, 11) is -4.04.